The zero-order valence-electron chi connectivity index (χ0n) is 16.6. The zero-order valence-corrected chi connectivity index (χ0v) is 16.6. The van der Waals surface area contributed by atoms with Crippen LogP contribution in [0.4, 0.5) is 0 Å². The lowest BCUT2D eigenvalue weighted by Gasteiger charge is -2.30. The minimum Gasteiger partial charge on any atom is -0.496 e. The van der Waals surface area contributed by atoms with E-state index in [-0.39, 0.29) is 5.76 Å². The molecule has 2 heterocycles. The van der Waals surface area contributed by atoms with Crippen LogP contribution in [0.3, 0.4) is 0 Å². The first-order valence-electron chi connectivity index (χ1n) is 9.51. The zero-order chi connectivity index (χ0) is 19.8. The summed E-state index contributed by atoms with van der Waals surface area (Å²) in [5.41, 5.74) is 1.12. The predicted molar refractivity (Wildman–Crippen MR) is 104 cm³/mol. The molecule has 0 amide bonds. The number of hydrogen-bond donors (Lipinski definition) is 0. The highest BCUT2D eigenvalue weighted by atomic mass is 16.5. The van der Waals surface area contributed by atoms with Gasteiger partial charge in [-0.3, -0.25) is 9.80 Å². The summed E-state index contributed by atoms with van der Waals surface area (Å²) in [6.45, 7) is 6.61. The average Bonchev–Trinajstić information content (AvgIpc) is 3.21. The fourth-order valence-electron chi connectivity index (χ4n) is 3.29. The van der Waals surface area contributed by atoms with Crippen LogP contribution in [0.25, 0.3) is 0 Å². The van der Waals surface area contributed by atoms with Crippen molar-refractivity contribution in [3.05, 3.63) is 53.5 Å². The molecule has 0 bridgehead atoms. The lowest BCUT2D eigenvalue weighted by molar-refractivity contribution is 0.0320. The van der Waals surface area contributed by atoms with Gasteiger partial charge in [0.15, 0.2) is 0 Å². The number of furan rings is 1. The Morgan fingerprint density at radius 2 is 1.89 bits per heavy atom. The van der Waals surface area contributed by atoms with Crippen molar-refractivity contribution in [1.29, 1.82) is 0 Å². The highest BCUT2D eigenvalue weighted by molar-refractivity contribution is 5.86. The molecule has 1 saturated heterocycles. The van der Waals surface area contributed by atoms with E-state index in [1.165, 1.54) is 7.11 Å². The number of hydrogen-bond acceptors (Lipinski definition) is 7. The smallest absolute Gasteiger partial charge is 0.373 e. The summed E-state index contributed by atoms with van der Waals surface area (Å²) in [4.78, 5) is 16.4. The fraction of sp³-hybridized carbons (Fsp3) is 0.476. The van der Waals surface area contributed by atoms with Crippen LogP contribution in [0, 0.1) is 0 Å². The second-order valence-corrected chi connectivity index (χ2v) is 6.73. The summed E-state index contributed by atoms with van der Waals surface area (Å²) in [5, 5.41) is 0. The quantitative estimate of drug-likeness (QED) is 0.611. The molecule has 0 N–H and O–H groups in total. The van der Waals surface area contributed by atoms with E-state index >= 15 is 0 Å². The van der Waals surface area contributed by atoms with Gasteiger partial charge in [-0.1, -0.05) is 18.2 Å². The summed E-state index contributed by atoms with van der Waals surface area (Å²) in [7, 11) is 3.03. The number of benzene rings is 1. The maximum atomic E-state index is 11.7. The Bertz CT molecular complexity index is 755. The van der Waals surface area contributed by atoms with Crippen molar-refractivity contribution in [3.63, 3.8) is 0 Å². The number of morpholine rings is 1. The lowest BCUT2D eigenvalue weighted by atomic mass is 10.2. The minimum atomic E-state index is -0.462. The van der Waals surface area contributed by atoms with Gasteiger partial charge in [0.1, 0.15) is 11.5 Å². The molecular formula is C21H28N2O5. The molecule has 1 aliphatic heterocycles. The molecule has 1 fully saturated rings. The van der Waals surface area contributed by atoms with Gasteiger partial charge in [0.2, 0.25) is 5.76 Å². The summed E-state index contributed by atoms with van der Waals surface area (Å²) in [6, 6.07) is 11.5. The number of esters is 1. The molecule has 1 aliphatic rings. The molecule has 2 aromatic rings. The van der Waals surface area contributed by atoms with Gasteiger partial charge in [-0.05, 0) is 18.2 Å². The standard InChI is InChI=1S/C21H28N2O5/c1-25-19-6-4-3-5-17(19)15-23(10-9-22-11-13-27-14-12-22)16-18-7-8-20(28-18)21(24)26-2/h3-8H,9-16H2,1-2H3. The largest absolute Gasteiger partial charge is 0.496 e. The molecule has 28 heavy (non-hydrogen) atoms. The van der Waals surface area contributed by atoms with Crippen molar-refractivity contribution in [2.24, 2.45) is 0 Å². The van der Waals surface area contributed by atoms with Crippen LogP contribution in [0.15, 0.2) is 40.8 Å². The van der Waals surface area contributed by atoms with Crippen molar-refractivity contribution in [2.45, 2.75) is 13.1 Å². The van der Waals surface area contributed by atoms with E-state index in [1.54, 1.807) is 13.2 Å². The minimum absolute atomic E-state index is 0.225. The number of methoxy groups -OCH3 is 2. The molecule has 7 nitrogen and oxygen atoms in total. The summed E-state index contributed by atoms with van der Waals surface area (Å²) < 4.78 is 21.3. The Morgan fingerprint density at radius 3 is 2.64 bits per heavy atom. The normalized spacial score (nSPS) is 15.0. The van der Waals surface area contributed by atoms with Gasteiger partial charge in [0, 0.05) is 38.3 Å². The van der Waals surface area contributed by atoms with E-state index < -0.39 is 5.97 Å². The molecule has 1 aromatic carbocycles. The average molecular weight is 388 g/mol. The fourth-order valence-corrected chi connectivity index (χ4v) is 3.29. The van der Waals surface area contributed by atoms with E-state index in [0.717, 1.165) is 63.0 Å². The third kappa shape index (κ3) is 5.58. The molecule has 152 valence electrons. The number of carbonyl (C=O) groups is 1. The maximum Gasteiger partial charge on any atom is 0.373 e. The highest BCUT2D eigenvalue weighted by Gasteiger charge is 2.17. The first-order chi connectivity index (χ1) is 13.7. The SMILES string of the molecule is COC(=O)c1ccc(CN(CCN2CCOCC2)Cc2ccccc2OC)o1. The summed E-state index contributed by atoms with van der Waals surface area (Å²) >= 11 is 0. The first kappa shape index (κ1) is 20.4. The van der Waals surface area contributed by atoms with Crippen molar-refractivity contribution < 1.29 is 23.4 Å². The molecule has 3 rings (SSSR count). The van der Waals surface area contributed by atoms with Crippen LogP contribution in [0.1, 0.15) is 21.9 Å². The van der Waals surface area contributed by atoms with E-state index in [1.807, 2.05) is 24.3 Å². The second-order valence-electron chi connectivity index (χ2n) is 6.73. The Hall–Kier alpha value is -2.35. The third-order valence-electron chi connectivity index (χ3n) is 4.85. The summed E-state index contributed by atoms with van der Waals surface area (Å²) in [5.74, 6) is 1.37. The summed E-state index contributed by atoms with van der Waals surface area (Å²) in [6.07, 6.45) is 0. The Morgan fingerprint density at radius 1 is 1.11 bits per heavy atom. The van der Waals surface area contributed by atoms with Crippen LogP contribution < -0.4 is 4.74 Å². The van der Waals surface area contributed by atoms with Crippen LogP contribution >= 0.6 is 0 Å². The van der Waals surface area contributed by atoms with Crippen molar-refractivity contribution >= 4 is 5.97 Å². The van der Waals surface area contributed by atoms with Gasteiger partial charge < -0.3 is 18.6 Å². The molecule has 0 aliphatic carbocycles. The number of para-hydroxylation sites is 1. The van der Waals surface area contributed by atoms with Gasteiger partial charge in [-0.15, -0.1) is 0 Å². The second kappa shape index (κ2) is 10.3. The van der Waals surface area contributed by atoms with E-state index in [0.29, 0.717) is 6.54 Å². The molecule has 7 heteroatoms. The lowest BCUT2D eigenvalue weighted by Crippen LogP contribution is -2.41. The first-order valence-corrected chi connectivity index (χ1v) is 9.51. The number of ether oxygens (including phenoxy) is 3. The van der Waals surface area contributed by atoms with Crippen molar-refractivity contribution in [3.8, 4) is 5.75 Å². The van der Waals surface area contributed by atoms with E-state index in [2.05, 4.69) is 15.9 Å². The van der Waals surface area contributed by atoms with Gasteiger partial charge in [0.05, 0.1) is 34.0 Å². The Kier molecular flexibility index (Phi) is 7.47. The third-order valence-corrected chi connectivity index (χ3v) is 4.85. The van der Waals surface area contributed by atoms with Gasteiger partial charge >= 0.3 is 5.97 Å². The Balaban J connectivity index is 1.69. The van der Waals surface area contributed by atoms with Crippen LogP contribution in [0.5, 0.6) is 5.75 Å². The molecule has 0 atom stereocenters. The number of nitrogens with zero attached hydrogens (tertiary/aromatic N) is 2. The monoisotopic (exact) mass is 388 g/mol. The number of rotatable bonds is 9. The van der Waals surface area contributed by atoms with Gasteiger partial charge in [-0.25, -0.2) is 4.79 Å². The van der Waals surface area contributed by atoms with Crippen molar-refractivity contribution in [2.75, 3.05) is 53.6 Å². The highest BCUT2D eigenvalue weighted by Crippen LogP contribution is 2.21. The van der Waals surface area contributed by atoms with E-state index in [4.69, 9.17) is 18.6 Å². The van der Waals surface area contributed by atoms with Crippen molar-refractivity contribution in [1.82, 2.24) is 9.80 Å². The van der Waals surface area contributed by atoms with Gasteiger partial charge in [0.25, 0.3) is 0 Å². The predicted octanol–water partition coefficient (Wildman–Crippen LogP) is 2.41. The molecule has 0 unspecified atom stereocenters. The molecule has 1 aromatic heterocycles. The molecule has 0 saturated carbocycles. The number of carbonyl (C=O) groups excluding carboxylic acids is 1. The maximum absolute atomic E-state index is 11.7. The van der Waals surface area contributed by atoms with Crippen LogP contribution in [-0.4, -0.2) is 69.4 Å². The van der Waals surface area contributed by atoms with Crippen LogP contribution in [0.2, 0.25) is 0 Å². The molecule has 0 radical (unpaired) electrons. The molecular weight excluding hydrogens is 360 g/mol. The van der Waals surface area contributed by atoms with E-state index in [9.17, 15) is 4.79 Å². The topological polar surface area (TPSA) is 64.4 Å². The van der Waals surface area contributed by atoms with Crippen LogP contribution in [-0.2, 0) is 22.6 Å². The Labute approximate surface area is 165 Å². The molecule has 0 spiro atoms. The van der Waals surface area contributed by atoms with Gasteiger partial charge in [-0.2, -0.15) is 0 Å².